The molecule has 0 radical (unpaired) electrons. The van der Waals surface area contributed by atoms with Gasteiger partial charge in [0.25, 0.3) is 5.56 Å². The minimum absolute atomic E-state index is 0.129. The van der Waals surface area contributed by atoms with Gasteiger partial charge in [0.15, 0.2) is 0 Å². The lowest BCUT2D eigenvalue weighted by atomic mass is 10.2. The Morgan fingerprint density at radius 3 is 2.67 bits per heavy atom. The average Bonchev–Trinajstić information content (AvgIpc) is 3.16. The van der Waals surface area contributed by atoms with Gasteiger partial charge in [-0.2, -0.15) is 0 Å². The number of thiophene rings is 1. The summed E-state index contributed by atoms with van der Waals surface area (Å²) in [5, 5.41) is 9.58. The number of carboxylic acids is 1. The first kappa shape index (κ1) is 17.2. The van der Waals surface area contributed by atoms with Gasteiger partial charge in [-0.1, -0.05) is 18.2 Å². The van der Waals surface area contributed by atoms with Crippen LogP contribution >= 0.6 is 11.3 Å². The molecular weight excluding hydrogens is 366 g/mol. The highest BCUT2D eigenvalue weighted by atomic mass is 32.1. The van der Waals surface area contributed by atoms with Crippen LogP contribution < -0.4 is 5.56 Å². The summed E-state index contributed by atoms with van der Waals surface area (Å²) in [6.45, 7) is 3.43. The lowest BCUT2D eigenvalue weighted by molar-refractivity contribution is 0.0701. The van der Waals surface area contributed by atoms with E-state index < -0.39 is 5.97 Å². The van der Waals surface area contributed by atoms with Crippen molar-refractivity contribution in [3.8, 4) is 11.5 Å². The number of hydrogen-bond donors (Lipinski definition) is 2. The monoisotopic (exact) mass is 381 g/mol. The molecule has 1 aromatic carbocycles. The Labute approximate surface area is 157 Å². The summed E-state index contributed by atoms with van der Waals surface area (Å²) in [5.41, 5.74) is 1.62. The van der Waals surface area contributed by atoms with Crippen LogP contribution in [0.4, 0.5) is 0 Å². The standard InChI is InChI=1S/C19H15N3O4S/c1-9-14-16(23)21-13(22-18(14)27-15(9)19(24)25)8-12-10(2)26-17(20-12)11-6-4-3-5-7-11/h3-7H,8H2,1-2H3,(H,24,25)(H,21,22,23). The van der Waals surface area contributed by atoms with Crippen molar-refractivity contribution in [1.82, 2.24) is 15.0 Å². The molecule has 3 heterocycles. The first-order chi connectivity index (χ1) is 12.9. The SMILES string of the molecule is Cc1oc(-c2ccccc2)nc1Cc1nc2sc(C(=O)O)c(C)c2c(=O)[nH]1. The zero-order valence-electron chi connectivity index (χ0n) is 14.6. The van der Waals surface area contributed by atoms with E-state index in [0.29, 0.717) is 38.9 Å². The van der Waals surface area contributed by atoms with E-state index in [0.717, 1.165) is 16.9 Å². The number of nitrogens with one attached hydrogen (secondary N) is 1. The third kappa shape index (κ3) is 3.04. The second kappa shape index (κ2) is 6.48. The van der Waals surface area contributed by atoms with E-state index in [1.54, 1.807) is 6.92 Å². The van der Waals surface area contributed by atoms with Crippen molar-refractivity contribution in [3.63, 3.8) is 0 Å². The van der Waals surface area contributed by atoms with E-state index in [1.165, 1.54) is 0 Å². The number of oxazole rings is 1. The number of aromatic carboxylic acids is 1. The number of aromatic amines is 1. The second-order valence-corrected chi connectivity index (χ2v) is 7.12. The van der Waals surface area contributed by atoms with Crippen LogP contribution in [0.25, 0.3) is 21.7 Å². The Morgan fingerprint density at radius 1 is 1.22 bits per heavy atom. The number of aryl methyl sites for hydroxylation is 2. The van der Waals surface area contributed by atoms with Crippen LogP contribution in [0, 0.1) is 13.8 Å². The fraction of sp³-hybridized carbons (Fsp3) is 0.158. The molecule has 27 heavy (non-hydrogen) atoms. The molecule has 136 valence electrons. The van der Waals surface area contributed by atoms with E-state index >= 15 is 0 Å². The summed E-state index contributed by atoms with van der Waals surface area (Å²) < 4.78 is 5.74. The lowest BCUT2D eigenvalue weighted by Gasteiger charge is -1.99. The molecule has 2 N–H and O–H groups in total. The molecule has 0 amide bonds. The van der Waals surface area contributed by atoms with Crippen molar-refractivity contribution in [2.24, 2.45) is 0 Å². The normalized spacial score (nSPS) is 11.2. The Kier molecular flexibility index (Phi) is 4.12. The zero-order chi connectivity index (χ0) is 19.1. The van der Waals surface area contributed by atoms with Crippen LogP contribution in [0.15, 0.2) is 39.5 Å². The lowest BCUT2D eigenvalue weighted by Crippen LogP contribution is -2.12. The largest absolute Gasteiger partial charge is 0.477 e. The highest BCUT2D eigenvalue weighted by Crippen LogP contribution is 2.27. The number of H-pyrrole nitrogens is 1. The highest BCUT2D eigenvalue weighted by molar-refractivity contribution is 7.20. The summed E-state index contributed by atoms with van der Waals surface area (Å²) in [5.74, 6) is 0.509. The highest BCUT2D eigenvalue weighted by Gasteiger charge is 2.19. The molecule has 0 fully saturated rings. The maximum Gasteiger partial charge on any atom is 0.346 e. The molecule has 3 aromatic heterocycles. The molecule has 0 saturated carbocycles. The van der Waals surface area contributed by atoms with E-state index in [4.69, 9.17) is 4.42 Å². The number of carbonyl (C=O) groups is 1. The molecule has 8 heteroatoms. The van der Waals surface area contributed by atoms with Gasteiger partial charge in [-0.25, -0.2) is 14.8 Å². The predicted octanol–water partition coefficient (Wildman–Crippen LogP) is 3.55. The first-order valence-corrected chi connectivity index (χ1v) is 9.03. The number of rotatable bonds is 4. The van der Waals surface area contributed by atoms with Crippen molar-refractivity contribution in [2.45, 2.75) is 20.3 Å². The minimum Gasteiger partial charge on any atom is -0.477 e. The van der Waals surface area contributed by atoms with E-state index in [9.17, 15) is 14.7 Å². The van der Waals surface area contributed by atoms with Crippen molar-refractivity contribution < 1.29 is 14.3 Å². The fourth-order valence-electron chi connectivity index (χ4n) is 2.93. The van der Waals surface area contributed by atoms with Crippen molar-refractivity contribution in [3.05, 3.63) is 68.4 Å². The molecule has 0 aliphatic rings. The molecule has 7 nitrogen and oxygen atoms in total. The van der Waals surface area contributed by atoms with Gasteiger partial charge in [0.05, 0.1) is 17.5 Å². The number of carboxylic acid groups (broad SMARTS) is 1. The van der Waals surface area contributed by atoms with Gasteiger partial charge in [-0.05, 0) is 31.5 Å². The van der Waals surface area contributed by atoms with Crippen LogP contribution in [0.5, 0.6) is 0 Å². The fourth-order valence-corrected chi connectivity index (χ4v) is 3.97. The van der Waals surface area contributed by atoms with Gasteiger partial charge in [0.2, 0.25) is 5.89 Å². The van der Waals surface area contributed by atoms with Gasteiger partial charge in [0, 0.05) is 5.56 Å². The molecule has 0 aliphatic heterocycles. The quantitative estimate of drug-likeness (QED) is 0.559. The van der Waals surface area contributed by atoms with Gasteiger partial charge in [0.1, 0.15) is 21.3 Å². The Balaban J connectivity index is 1.73. The molecule has 0 aliphatic carbocycles. The van der Waals surface area contributed by atoms with Crippen LogP contribution in [0.2, 0.25) is 0 Å². The molecule has 4 aromatic rings. The second-order valence-electron chi connectivity index (χ2n) is 6.12. The van der Waals surface area contributed by atoms with Crippen LogP contribution in [0.3, 0.4) is 0 Å². The number of nitrogens with zero attached hydrogens (tertiary/aromatic N) is 2. The van der Waals surface area contributed by atoms with E-state index in [1.807, 2.05) is 37.3 Å². The number of aromatic nitrogens is 3. The average molecular weight is 381 g/mol. The molecule has 0 saturated heterocycles. The topological polar surface area (TPSA) is 109 Å². The molecule has 0 bridgehead atoms. The third-order valence-electron chi connectivity index (χ3n) is 4.29. The summed E-state index contributed by atoms with van der Waals surface area (Å²) in [6, 6.07) is 9.53. The third-order valence-corrected chi connectivity index (χ3v) is 5.47. The van der Waals surface area contributed by atoms with Gasteiger partial charge >= 0.3 is 5.97 Å². The molecule has 0 unspecified atom stereocenters. The smallest absolute Gasteiger partial charge is 0.346 e. The van der Waals surface area contributed by atoms with Crippen molar-refractivity contribution >= 4 is 27.5 Å². The first-order valence-electron chi connectivity index (χ1n) is 8.21. The zero-order valence-corrected chi connectivity index (χ0v) is 15.4. The van der Waals surface area contributed by atoms with Gasteiger partial charge < -0.3 is 14.5 Å². The Hall–Kier alpha value is -3.26. The molecular formula is C19H15N3O4S. The van der Waals surface area contributed by atoms with Crippen molar-refractivity contribution in [1.29, 1.82) is 0 Å². The number of hydrogen-bond acceptors (Lipinski definition) is 6. The van der Waals surface area contributed by atoms with E-state index in [-0.39, 0.29) is 16.9 Å². The van der Waals surface area contributed by atoms with Crippen LogP contribution in [0.1, 0.15) is 32.5 Å². The molecule has 0 atom stereocenters. The molecule has 0 spiro atoms. The van der Waals surface area contributed by atoms with Crippen LogP contribution in [-0.4, -0.2) is 26.0 Å². The summed E-state index contributed by atoms with van der Waals surface area (Å²) in [7, 11) is 0. The van der Waals surface area contributed by atoms with Gasteiger partial charge in [-0.3, -0.25) is 4.79 Å². The maximum atomic E-state index is 12.4. The summed E-state index contributed by atoms with van der Waals surface area (Å²) in [6.07, 6.45) is 0.284. The van der Waals surface area contributed by atoms with Gasteiger partial charge in [-0.15, -0.1) is 11.3 Å². The summed E-state index contributed by atoms with van der Waals surface area (Å²) in [4.78, 5) is 36.0. The predicted molar refractivity (Wildman–Crippen MR) is 101 cm³/mol. The number of benzene rings is 1. The minimum atomic E-state index is -1.06. The van der Waals surface area contributed by atoms with E-state index in [2.05, 4.69) is 15.0 Å². The summed E-state index contributed by atoms with van der Waals surface area (Å²) >= 11 is 1.00. The Bertz CT molecular complexity index is 1220. The number of fused-ring (bicyclic) bond motifs is 1. The van der Waals surface area contributed by atoms with Crippen molar-refractivity contribution in [2.75, 3.05) is 0 Å². The Morgan fingerprint density at radius 2 is 1.96 bits per heavy atom. The maximum absolute atomic E-state index is 12.4. The van der Waals surface area contributed by atoms with Crippen LogP contribution in [-0.2, 0) is 6.42 Å². The molecule has 4 rings (SSSR count).